The topological polar surface area (TPSA) is 122 Å². The number of carbonyl (C=O) groups excluding carboxylic acids is 2. The lowest BCUT2D eigenvalue weighted by molar-refractivity contribution is -0.384. The van der Waals surface area contributed by atoms with Crippen molar-refractivity contribution in [3.8, 4) is 6.07 Å². The normalized spacial score (nSPS) is 10.4. The van der Waals surface area contributed by atoms with Crippen LogP contribution < -0.4 is 5.32 Å². The van der Waals surface area contributed by atoms with Crippen molar-refractivity contribution in [1.29, 1.82) is 5.26 Å². The molecule has 0 unspecified atom stereocenters. The van der Waals surface area contributed by atoms with Crippen molar-refractivity contribution >= 4 is 40.0 Å². The van der Waals surface area contributed by atoms with Crippen LogP contribution >= 0.6 is 11.3 Å². The molecule has 0 aliphatic carbocycles. The Morgan fingerprint density at radius 2 is 2.04 bits per heavy atom. The van der Waals surface area contributed by atoms with Crippen LogP contribution in [0.15, 0.2) is 30.3 Å². The zero-order chi connectivity index (χ0) is 20.0. The third-order valence-electron chi connectivity index (χ3n) is 3.49. The number of carbonyl (C=O) groups is 2. The molecular weight excluding hydrogens is 370 g/mol. The van der Waals surface area contributed by atoms with Crippen molar-refractivity contribution in [3.05, 3.63) is 62.0 Å². The fraction of sp³-hybridized carbons (Fsp3) is 0.167. The molecule has 0 atom stereocenters. The van der Waals surface area contributed by atoms with E-state index in [1.807, 2.05) is 6.07 Å². The molecule has 1 amide bonds. The largest absolute Gasteiger partial charge is 0.462 e. The molecule has 27 heavy (non-hydrogen) atoms. The Kier molecular flexibility index (Phi) is 6.41. The Balaban J connectivity index is 2.15. The summed E-state index contributed by atoms with van der Waals surface area (Å²) in [4.78, 5) is 34.4. The number of thiophene rings is 1. The number of nitro benzene ring substituents is 1. The predicted molar refractivity (Wildman–Crippen MR) is 100 cm³/mol. The molecule has 2 rings (SSSR count). The van der Waals surface area contributed by atoms with Crippen LogP contribution in [0.25, 0.3) is 6.08 Å². The molecule has 1 aromatic carbocycles. The minimum absolute atomic E-state index is 0.0455. The lowest BCUT2D eigenvalue weighted by Gasteiger charge is -1.99. The molecule has 1 N–H and O–H groups in total. The van der Waals surface area contributed by atoms with Crippen LogP contribution in [-0.2, 0) is 9.53 Å². The maximum absolute atomic E-state index is 12.1. The summed E-state index contributed by atoms with van der Waals surface area (Å²) in [6.07, 6.45) is 2.72. The smallest absolute Gasteiger partial charge is 0.348 e. The average molecular weight is 385 g/mol. The van der Waals surface area contributed by atoms with Gasteiger partial charge in [0.05, 0.1) is 17.1 Å². The highest BCUT2D eigenvalue weighted by Gasteiger charge is 2.21. The number of nitrogens with one attached hydrogen (secondary N) is 1. The highest BCUT2D eigenvalue weighted by molar-refractivity contribution is 7.18. The number of nitro groups is 1. The highest BCUT2D eigenvalue weighted by Crippen LogP contribution is 2.33. The van der Waals surface area contributed by atoms with Gasteiger partial charge in [-0.25, -0.2) is 4.79 Å². The van der Waals surface area contributed by atoms with Gasteiger partial charge in [0.2, 0.25) is 5.91 Å². The minimum atomic E-state index is -0.543. The lowest BCUT2D eigenvalue weighted by atomic mass is 10.1. The molecule has 138 valence electrons. The number of nitriles is 1. The number of hydrogen-bond acceptors (Lipinski definition) is 7. The number of amides is 1. The van der Waals surface area contributed by atoms with E-state index < -0.39 is 16.8 Å². The van der Waals surface area contributed by atoms with E-state index in [9.17, 15) is 25.0 Å². The van der Waals surface area contributed by atoms with E-state index in [2.05, 4.69) is 5.32 Å². The quantitative estimate of drug-likeness (QED) is 0.350. The second-order valence-electron chi connectivity index (χ2n) is 5.26. The monoisotopic (exact) mass is 385 g/mol. The van der Waals surface area contributed by atoms with Crippen molar-refractivity contribution in [1.82, 2.24) is 0 Å². The third kappa shape index (κ3) is 4.77. The first kappa shape index (κ1) is 19.8. The molecule has 0 spiro atoms. The van der Waals surface area contributed by atoms with Gasteiger partial charge >= 0.3 is 5.97 Å². The average Bonchev–Trinajstić information content (AvgIpc) is 2.95. The first-order chi connectivity index (χ1) is 12.9. The maximum atomic E-state index is 12.1. The fourth-order valence-electron chi connectivity index (χ4n) is 2.16. The summed E-state index contributed by atoms with van der Waals surface area (Å²) in [6, 6.07) is 7.66. The standard InChI is InChI=1S/C18H15N3O5S/c1-3-26-18(23)16-11(2)14(10-19)17(27-16)20-15(22)9-6-12-4-7-13(8-5-12)21(24)25/h4-9H,3H2,1-2H3,(H,20,22)/b9-6+. The van der Waals surface area contributed by atoms with Crippen LogP contribution in [-0.4, -0.2) is 23.4 Å². The number of rotatable bonds is 6. The summed E-state index contributed by atoms with van der Waals surface area (Å²) in [5.74, 6) is -1.04. The molecule has 0 saturated heterocycles. The van der Waals surface area contributed by atoms with Gasteiger partial charge in [0.15, 0.2) is 0 Å². The molecule has 0 saturated carbocycles. The Hall–Kier alpha value is -3.51. The second-order valence-corrected chi connectivity index (χ2v) is 6.28. The Bertz CT molecular complexity index is 955. The van der Waals surface area contributed by atoms with Crippen LogP contribution in [0.3, 0.4) is 0 Å². The third-order valence-corrected chi connectivity index (χ3v) is 4.67. The molecule has 1 aromatic heterocycles. The zero-order valence-corrected chi connectivity index (χ0v) is 15.3. The van der Waals surface area contributed by atoms with Gasteiger partial charge in [-0.2, -0.15) is 5.26 Å². The summed E-state index contributed by atoms with van der Waals surface area (Å²) < 4.78 is 4.95. The van der Waals surface area contributed by atoms with Crippen molar-refractivity contribution < 1.29 is 19.2 Å². The van der Waals surface area contributed by atoms with Gasteiger partial charge in [-0.1, -0.05) is 0 Å². The van der Waals surface area contributed by atoms with E-state index in [0.717, 1.165) is 11.3 Å². The minimum Gasteiger partial charge on any atom is -0.462 e. The highest BCUT2D eigenvalue weighted by atomic mass is 32.1. The number of benzene rings is 1. The van der Waals surface area contributed by atoms with Crippen LogP contribution in [0.1, 0.15) is 33.3 Å². The Labute approximate surface area is 158 Å². The first-order valence-electron chi connectivity index (χ1n) is 7.81. The molecule has 0 aliphatic rings. The van der Waals surface area contributed by atoms with Gasteiger partial charge in [-0.05, 0) is 43.2 Å². The molecule has 0 radical (unpaired) electrons. The number of ether oxygens (including phenoxy) is 1. The summed E-state index contributed by atoms with van der Waals surface area (Å²) >= 11 is 0.976. The van der Waals surface area contributed by atoms with E-state index in [4.69, 9.17) is 4.74 Å². The van der Waals surface area contributed by atoms with Crippen LogP contribution in [0.5, 0.6) is 0 Å². The van der Waals surface area contributed by atoms with Crippen LogP contribution in [0, 0.1) is 28.4 Å². The van der Waals surface area contributed by atoms with Gasteiger partial charge in [0.1, 0.15) is 15.9 Å². The maximum Gasteiger partial charge on any atom is 0.348 e. The molecular formula is C18H15N3O5S. The van der Waals surface area contributed by atoms with Crippen molar-refractivity contribution in [2.75, 3.05) is 11.9 Å². The summed E-state index contributed by atoms with van der Waals surface area (Å²) in [5, 5.41) is 22.8. The second kappa shape index (κ2) is 8.73. The predicted octanol–water partition coefficient (Wildman–Crippen LogP) is 3.67. The number of nitrogens with zero attached hydrogens (tertiary/aromatic N) is 2. The van der Waals surface area contributed by atoms with E-state index in [-0.39, 0.29) is 27.7 Å². The van der Waals surface area contributed by atoms with E-state index >= 15 is 0 Å². The summed E-state index contributed by atoms with van der Waals surface area (Å²) in [7, 11) is 0. The molecule has 0 aliphatic heterocycles. The lowest BCUT2D eigenvalue weighted by Crippen LogP contribution is -2.07. The van der Waals surface area contributed by atoms with Crippen LogP contribution in [0.4, 0.5) is 10.7 Å². The van der Waals surface area contributed by atoms with Crippen molar-refractivity contribution in [2.45, 2.75) is 13.8 Å². The van der Waals surface area contributed by atoms with E-state index in [0.29, 0.717) is 11.1 Å². The Morgan fingerprint density at radius 1 is 1.37 bits per heavy atom. The molecule has 0 fully saturated rings. The summed E-state index contributed by atoms with van der Waals surface area (Å²) in [5.41, 5.74) is 1.22. The van der Waals surface area contributed by atoms with Crippen molar-refractivity contribution in [3.63, 3.8) is 0 Å². The van der Waals surface area contributed by atoms with Gasteiger partial charge in [-0.3, -0.25) is 14.9 Å². The van der Waals surface area contributed by atoms with Gasteiger partial charge in [0.25, 0.3) is 5.69 Å². The van der Waals surface area contributed by atoms with E-state index in [1.165, 1.54) is 36.4 Å². The molecule has 1 heterocycles. The molecule has 9 heteroatoms. The Morgan fingerprint density at radius 3 is 2.59 bits per heavy atom. The van der Waals surface area contributed by atoms with Crippen LogP contribution in [0.2, 0.25) is 0 Å². The van der Waals surface area contributed by atoms with E-state index in [1.54, 1.807) is 13.8 Å². The zero-order valence-electron chi connectivity index (χ0n) is 14.5. The SMILES string of the molecule is CCOC(=O)c1sc(NC(=O)/C=C/c2ccc([N+](=O)[O-])cc2)c(C#N)c1C. The summed E-state index contributed by atoms with van der Waals surface area (Å²) in [6.45, 7) is 3.50. The van der Waals surface area contributed by atoms with Gasteiger partial charge in [0, 0.05) is 18.2 Å². The molecule has 0 bridgehead atoms. The number of non-ortho nitro benzene ring substituents is 1. The van der Waals surface area contributed by atoms with Gasteiger partial charge in [-0.15, -0.1) is 11.3 Å². The number of hydrogen-bond donors (Lipinski definition) is 1. The van der Waals surface area contributed by atoms with Gasteiger partial charge < -0.3 is 10.1 Å². The fourth-order valence-corrected chi connectivity index (χ4v) is 3.21. The first-order valence-corrected chi connectivity index (χ1v) is 8.63. The number of anilines is 1. The van der Waals surface area contributed by atoms with Crippen molar-refractivity contribution in [2.24, 2.45) is 0 Å². The molecule has 2 aromatic rings. The number of esters is 1. The molecule has 8 nitrogen and oxygen atoms in total.